The molecule has 2 rings (SSSR count). The van der Waals surface area contributed by atoms with E-state index in [4.69, 9.17) is 14.7 Å². The third-order valence-electron chi connectivity index (χ3n) is 0.851. The molecule has 0 fully saturated rings. The molecular weight excluding hydrogens is 224 g/mol. The van der Waals surface area contributed by atoms with Crippen LogP contribution in [0.3, 0.4) is 0 Å². The highest BCUT2D eigenvalue weighted by Crippen LogP contribution is 1.80. The summed E-state index contributed by atoms with van der Waals surface area (Å²) in [5.74, 6) is -0.833. The van der Waals surface area contributed by atoms with Crippen LogP contribution in [0.5, 0.6) is 0 Å². The fourth-order valence-corrected chi connectivity index (χ4v) is 0.454. The van der Waals surface area contributed by atoms with E-state index >= 15 is 0 Å². The number of furan rings is 2. The van der Waals surface area contributed by atoms with Gasteiger partial charge in [-0.05, 0) is 31.2 Å². The minimum absolute atomic E-state index is 0.750. The molecule has 0 radical (unpaired) electrons. The van der Waals surface area contributed by atoms with E-state index in [9.17, 15) is 0 Å². The maximum atomic E-state index is 9.00. The average Bonchev–Trinajstić information content (AvgIpc) is 2.98. The molecule has 5 nitrogen and oxygen atoms in total. The van der Waals surface area contributed by atoms with Gasteiger partial charge in [0.1, 0.15) is 6.29 Å². The highest BCUT2D eigenvalue weighted by atomic mass is 16.4. The Hall–Kier alpha value is -2.30. The molecule has 17 heavy (non-hydrogen) atoms. The Labute approximate surface area is 99.7 Å². The molecule has 2 aromatic heterocycles. The summed E-state index contributed by atoms with van der Waals surface area (Å²) in [6.07, 6.45) is 7.25. The molecule has 0 aliphatic carbocycles. The molecule has 0 unspecified atom stereocenters. The molecule has 0 bridgehead atoms. The highest BCUT2D eigenvalue weighted by Gasteiger charge is 1.65. The van der Waals surface area contributed by atoms with Crippen LogP contribution in [0.15, 0.2) is 58.2 Å². The van der Waals surface area contributed by atoms with Gasteiger partial charge in [-0.3, -0.25) is 4.79 Å². The third kappa shape index (κ3) is 31.6. The van der Waals surface area contributed by atoms with Crippen molar-refractivity contribution < 1.29 is 23.5 Å². The second-order valence-electron chi connectivity index (χ2n) is 2.34. The van der Waals surface area contributed by atoms with E-state index in [0.29, 0.717) is 0 Å². The standard InChI is InChI=1S/2C4H4O.C2H4O2.C2H4O/c2*1-2-4-5-3-1;1-2(3)4;1-2-3/h2*1-4H;1H3,(H,3,4);2H,1H3. The molecule has 94 valence electrons. The lowest BCUT2D eigenvalue weighted by molar-refractivity contribution is -0.134. The molecule has 1 N–H and O–H groups in total. The second kappa shape index (κ2) is 16.1. The predicted molar refractivity (Wildman–Crippen MR) is 62.5 cm³/mol. The van der Waals surface area contributed by atoms with Gasteiger partial charge in [0.05, 0.1) is 25.1 Å². The summed E-state index contributed by atoms with van der Waals surface area (Å²) in [7, 11) is 0. The van der Waals surface area contributed by atoms with Gasteiger partial charge < -0.3 is 18.7 Å². The number of carboxylic acid groups (broad SMARTS) is 1. The molecule has 0 saturated heterocycles. The van der Waals surface area contributed by atoms with Crippen molar-refractivity contribution in [2.45, 2.75) is 13.8 Å². The molecule has 0 aliphatic rings. The molecule has 0 spiro atoms. The maximum absolute atomic E-state index is 9.00. The lowest BCUT2D eigenvalue weighted by Gasteiger charge is -1.59. The van der Waals surface area contributed by atoms with Crippen LogP contribution in [0, 0.1) is 0 Å². The van der Waals surface area contributed by atoms with Crippen molar-refractivity contribution in [2.24, 2.45) is 0 Å². The Kier molecular flexibility index (Phi) is 16.2. The van der Waals surface area contributed by atoms with Crippen LogP contribution >= 0.6 is 0 Å². The SMILES string of the molecule is CC(=O)O.CC=O.c1ccoc1.c1ccoc1. The number of hydrogen-bond acceptors (Lipinski definition) is 4. The van der Waals surface area contributed by atoms with Crippen LogP contribution in [-0.2, 0) is 9.59 Å². The summed E-state index contributed by atoms with van der Waals surface area (Å²) >= 11 is 0. The van der Waals surface area contributed by atoms with Gasteiger partial charge in [0, 0.05) is 6.92 Å². The first-order valence-electron chi connectivity index (χ1n) is 4.68. The first kappa shape index (κ1) is 17.1. The molecule has 0 aromatic carbocycles. The van der Waals surface area contributed by atoms with Crippen LogP contribution in [-0.4, -0.2) is 17.4 Å². The van der Waals surface area contributed by atoms with Crippen LogP contribution in [0.25, 0.3) is 0 Å². The molecule has 2 aromatic rings. The zero-order chi connectivity index (χ0) is 13.4. The highest BCUT2D eigenvalue weighted by molar-refractivity contribution is 5.62. The first-order chi connectivity index (χ1) is 8.15. The minimum atomic E-state index is -0.833. The van der Waals surface area contributed by atoms with Crippen molar-refractivity contribution in [3.8, 4) is 0 Å². The Morgan fingerprint density at radius 2 is 1.18 bits per heavy atom. The van der Waals surface area contributed by atoms with Crippen LogP contribution in [0.4, 0.5) is 0 Å². The Morgan fingerprint density at radius 1 is 1.00 bits per heavy atom. The number of aliphatic carboxylic acids is 1. The molecule has 2 heterocycles. The van der Waals surface area contributed by atoms with Gasteiger partial charge in [-0.1, -0.05) is 0 Å². The van der Waals surface area contributed by atoms with E-state index in [1.165, 1.54) is 6.92 Å². The fourth-order valence-electron chi connectivity index (χ4n) is 0.454. The van der Waals surface area contributed by atoms with E-state index in [1.54, 1.807) is 25.1 Å². The van der Waals surface area contributed by atoms with Crippen molar-refractivity contribution in [3.63, 3.8) is 0 Å². The molecule has 0 amide bonds. The molecular formula is C12H16O5. The summed E-state index contributed by atoms with van der Waals surface area (Å²) in [5, 5.41) is 7.42. The number of aldehydes is 1. The lowest BCUT2D eigenvalue weighted by Crippen LogP contribution is -1.78. The molecule has 5 heteroatoms. The number of carboxylic acids is 1. The van der Waals surface area contributed by atoms with Gasteiger partial charge in [-0.2, -0.15) is 0 Å². The van der Waals surface area contributed by atoms with Crippen LogP contribution in [0.2, 0.25) is 0 Å². The number of hydrogen-bond donors (Lipinski definition) is 1. The fraction of sp³-hybridized carbons (Fsp3) is 0.167. The van der Waals surface area contributed by atoms with Gasteiger partial charge in [0.15, 0.2) is 0 Å². The molecule has 0 saturated carbocycles. The Balaban J connectivity index is 0. The number of carbonyl (C=O) groups excluding carboxylic acids is 1. The summed E-state index contributed by atoms with van der Waals surface area (Å²) in [5.41, 5.74) is 0. The predicted octanol–water partition coefficient (Wildman–Crippen LogP) is 2.86. The van der Waals surface area contributed by atoms with Crippen molar-refractivity contribution in [1.29, 1.82) is 0 Å². The second-order valence-corrected chi connectivity index (χ2v) is 2.34. The van der Waals surface area contributed by atoms with Crippen LogP contribution < -0.4 is 0 Å². The number of rotatable bonds is 0. The topological polar surface area (TPSA) is 80.6 Å². The zero-order valence-corrected chi connectivity index (χ0v) is 9.78. The summed E-state index contributed by atoms with van der Waals surface area (Å²) in [6, 6.07) is 7.33. The van der Waals surface area contributed by atoms with Gasteiger partial charge in [0.25, 0.3) is 5.97 Å². The molecule has 0 aliphatic heterocycles. The Morgan fingerprint density at radius 3 is 1.24 bits per heavy atom. The van der Waals surface area contributed by atoms with E-state index in [1.807, 2.05) is 24.3 Å². The van der Waals surface area contributed by atoms with Crippen molar-refractivity contribution in [3.05, 3.63) is 49.3 Å². The van der Waals surface area contributed by atoms with Crippen LogP contribution in [0.1, 0.15) is 13.8 Å². The summed E-state index contributed by atoms with van der Waals surface area (Å²) in [4.78, 5) is 17.8. The van der Waals surface area contributed by atoms with E-state index in [0.717, 1.165) is 13.2 Å². The lowest BCUT2D eigenvalue weighted by atomic mass is 10.7. The summed E-state index contributed by atoms with van der Waals surface area (Å²) < 4.78 is 9.17. The third-order valence-corrected chi connectivity index (χ3v) is 0.851. The van der Waals surface area contributed by atoms with E-state index < -0.39 is 5.97 Å². The number of carbonyl (C=O) groups is 2. The molecule has 0 atom stereocenters. The summed E-state index contributed by atoms with van der Waals surface area (Å²) in [6.45, 7) is 2.53. The monoisotopic (exact) mass is 240 g/mol. The van der Waals surface area contributed by atoms with Gasteiger partial charge >= 0.3 is 0 Å². The quantitative estimate of drug-likeness (QED) is 0.716. The Bertz CT molecular complexity index is 259. The minimum Gasteiger partial charge on any atom is -0.481 e. The normalized spacial score (nSPS) is 6.94. The van der Waals surface area contributed by atoms with Gasteiger partial charge in [-0.15, -0.1) is 0 Å². The smallest absolute Gasteiger partial charge is 0.300 e. The van der Waals surface area contributed by atoms with Crippen molar-refractivity contribution in [2.75, 3.05) is 0 Å². The maximum Gasteiger partial charge on any atom is 0.300 e. The van der Waals surface area contributed by atoms with E-state index in [-0.39, 0.29) is 0 Å². The van der Waals surface area contributed by atoms with Crippen molar-refractivity contribution >= 4 is 12.3 Å². The first-order valence-corrected chi connectivity index (χ1v) is 4.68. The van der Waals surface area contributed by atoms with Crippen molar-refractivity contribution in [1.82, 2.24) is 0 Å². The zero-order valence-electron chi connectivity index (χ0n) is 9.78. The van der Waals surface area contributed by atoms with E-state index in [2.05, 4.69) is 8.83 Å². The average molecular weight is 240 g/mol. The van der Waals surface area contributed by atoms with Gasteiger partial charge in [-0.25, -0.2) is 0 Å². The largest absolute Gasteiger partial charge is 0.481 e. The van der Waals surface area contributed by atoms with Gasteiger partial charge in [0.2, 0.25) is 0 Å².